The van der Waals surface area contributed by atoms with Crippen molar-refractivity contribution >= 4 is 28.9 Å². The second kappa shape index (κ2) is 13.0. The SMILES string of the molecule is COc1ccc(/C(C[P+](c2ccccc2)(c2ccccc2)c2ccccc2)=N/OC(C)(C)OC)cc1.[Br-]. The number of nitrogens with zero attached hydrogens (tertiary/aromatic N) is 1. The number of oxime groups is 1. The third-order valence-corrected chi connectivity index (χ3v) is 10.6. The predicted molar refractivity (Wildman–Crippen MR) is 152 cm³/mol. The Hall–Kier alpha value is -2.98. The lowest BCUT2D eigenvalue weighted by molar-refractivity contribution is -0.197. The van der Waals surface area contributed by atoms with Crippen LogP contribution >= 0.6 is 7.26 Å². The van der Waals surface area contributed by atoms with E-state index in [1.807, 2.05) is 38.1 Å². The molecule has 0 aromatic heterocycles. The lowest BCUT2D eigenvalue weighted by atomic mass is 10.1. The molecule has 0 aliphatic rings. The molecular formula is C31H33BrNO3P. The molecule has 4 rings (SSSR count). The number of benzene rings is 4. The van der Waals surface area contributed by atoms with Crippen LogP contribution in [0.3, 0.4) is 0 Å². The minimum atomic E-state index is -2.17. The number of methoxy groups -OCH3 is 2. The Morgan fingerprint density at radius 2 is 1.11 bits per heavy atom. The first kappa shape index (κ1) is 28.6. The third kappa shape index (κ3) is 6.67. The van der Waals surface area contributed by atoms with Crippen LogP contribution in [-0.2, 0) is 9.57 Å². The van der Waals surface area contributed by atoms with Gasteiger partial charge in [-0.1, -0.05) is 59.8 Å². The first-order valence-electron chi connectivity index (χ1n) is 12.0. The zero-order chi connectivity index (χ0) is 25.4. The first-order valence-corrected chi connectivity index (χ1v) is 14.0. The van der Waals surface area contributed by atoms with Gasteiger partial charge < -0.3 is 31.3 Å². The molecule has 0 amide bonds. The van der Waals surface area contributed by atoms with Crippen LogP contribution in [0.2, 0.25) is 0 Å². The Balaban J connectivity index is 0.00000380. The van der Waals surface area contributed by atoms with Gasteiger partial charge in [0, 0.05) is 26.5 Å². The summed E-state index contributed by atoms with van der Waals surface area (Å²) in [7, 11) is 1.13. The van der Waals surface area contributed by atoms with E-state index in [-0.39, 0.29) is 17.0 Å². The highest BCUT2D eigenvalue weighted by atomic mass is 79.9. The second-order valence-corrected chi connectivity index (χ2v) is 12.4. The molecule has 4 nitrogen and oxygen atoms in total. The lowest BCUT2D eigenvalue weighted by Gasteiger charge is -2.28. The lowest BCUT2D eigenvalue weighted by Crippen LogP contribution is -3.00. The van der Waals surface area contributed by atoms with Crippen molar-refractivity contribution in [1.29, 1.82) is 0 Å². The molecule has 0 saturated carbocycles. The van der Waals surface area contributed by atoms with Gasteiger partial charge in [-0.15, -0.1) is 0 Å². The fraction of sp³-hybridized carbons (Fsp3) is 0.194. The third-order valence-electron chi connectivity index (χ3n) is 6.27. The molecule has 6 heteroatoms. The Kier molecular flexibility index (Phi) is 10.0. The quantitative estimate of drug-likeness (QED) is 0.126. The average molecular weight is 578 g/mol. The number of halogens is 1. The highest BCUT2D eigenvalue weighted by molar-refractivity contribution is 7.96. The van der Waals surface area contributed by atoms with E-state index < -0.39 is 13.0 Å². The Bertz CT molecular complexity index is 1170. The topological polar surface area (TPSA) is 40.0 Å². The van der Waals surface area contributed by atoms with Crippen LogP contribution in [0, 0.1) is 0 Å². The number of hydrogen-bond acceptors (Lipinski definition) is 4. The largest absolute Gasteiger partial charge is 1.00 e. The fourth-order valence-corrected chi connectivity index (χ4v) is 8.33. The van der Waals surface area contributed by atoms with Gasteiger partial charge >= 0.3 is 0 Å². The first-order chi connectivity index (χ1) is 17.5. The number of ether oxygens (including phenoxy) is 2. The van der Waals surface area contributed by atoms with E-state index in [1.54, 1.807) is 14.2 Å². The van der Waals surface area contributed by atoms with Gasteiger partial charge in [0.25, 0.3) is 0 Å². The van der Waals surface area contributed by atoms with Crippen molar-refractivity contribution in [2.24, 2.45) is 5.16 Å². The molecule has 0 aliphatic carbocycles. The molecule has 4 aromatic carbocycles. The van der Waals surface area contributed by atoms with E-state index in [9.17, 15) is 0 Å². The number of rotatable bonds is 10. The molecule has 0 N–H and O–H groups in total. The summed E-state index contributed by atoms with van der Waals surface area (Å²) < 4.78 is 10.9. The van der Waals surface area contributed by atoms with Gasteiger partial charge in [-0.25, -0.2) is 0 Å². The molecular weight excluding hydrogens is 545 g/mol. The number of hydrogen-bond donors (Lipinski definition) is 0. The van der Waals surface area contributed by atoms with E-state index in [2.05, 4.69) is 91.0 Å². The summed E-state index contributed by atoms with van der Waals surface area (Å²) in [5, 5.41) is 8.59. The van der Waals surface area contributed by atoms with E-state index >= 15 is 0 Å². The summed E-state index contributed by atoms with van der Waals surface area (Å²) in [5.41, 5.74) is 1.84. The maximum atomic E-state index is 5.96. The van der Waals surface area contributed by atoms with Crippen molar-refractivity contribution in [1.82, 2.24) is 0 Å². The molecule has 0 atom stereocenters. The van der Waals surface area contributed by atoms with Gasteiger partial charge in [0.2, 0.25) is 5.79 Å². The average Bonchev–Trinajstić information content (AvgIpc) is 2.95. The van der Waals surface area contributed by atoms with Gasteiger partial charge in [0.1, 0.15) is 40.8 Å². The smallest absolute Gasteiger partial charge is 0.230 e. The summed E-state index contributed by atoms with van der Waals surface area (Å²) >= 11 is 0. The minimum absolute atomic E-state index is 0. The maximum Gasteiger partial charge on any atom is 0.230 e. The molecule has 0 aliphatic heterocycles. The monoisotopic (exact) mass is 577 g/mol. The molecule has 0 radical (unpaired) electrons. The molecule has 0 spiro atoms. The van der Waals surface area contributed by atoms with E-state index in [0.717, 1.165) is 17.0 Å². The van der Waals surface area contributed by atoms with Gasteiger partial charge in [-0.2, -0.15) is 0 Å². The second-order valence-electron chi connectivity index (χ2n) is 8.94. The molecule has 37 heavy (non-hydrogen) atoms. The van der Waals surface area contributed by atoms with Crippen LogP contribution in [0.15, 0.2) is 120 Å². The van der Waals surface area contributed by atoms with Gasteiger partial charge in [0.05, 0.1) is 7.11 Å². The molecule has 0 unspecified atom stereocenters. The normalized spacial score (nSPS) is 11.9. The summed E-state index contributed by atoms with van der Waals surface area (Å²) in [6, 6.07) is 40.3. The maximum absolute atomic E-state index is 5.96. The highest BCUT2D eigenvalue weighted by Crippen LogP contribution is 2.55. The van der Waals surface area contributed by atoms with Crippen molar-refractivity contribution in [3.8, 4) is 5.75 Å². The summed E-state index contributed by atoms with van der Waals surface area (Å²) in [5.74, 6) is -0.0584. The Labute approximate surface area is 231 Å². The van der Waals surface area contributed by atoms with Crippen molar-refractivity contribution in [2.75, 3.05) is 20.4 Å². The molecule has 4 aromatic rings. The molecule has 0 bridgehead atoms. The van der Waals surface area contributed by atoms with Crippen LogP contribution < -0.4 is 37.6 Å². The van der Waals surface area contributed by atoms with Crippen molar-refractivity contribution < 1.29 is 31.3 Å². The van der Waals surface area contributed by atoms with Crippen molar-refractivity contribution in [3.05, 3.63) is 121 Å². The molecule has 0 heterocycles. The standard InChI is InChI=1S/C31H33NO3P.BrH/c1-31(2,34-4)35-32-30(25-20-22-26(33-3)23-21-25)24-36(27-14-8-5-9-15-27,28-16-10-6-11-17-28)29-18-12-7-13-19-29;/h5-23H,24H2,1-4H3;1H/q+1;/p-1/b32-30+;. The zero-order valence-electron chi connectivity index (χ0n) is 21.7. The molecule has 0 saturated heterocycles. The zero-order valence-corrected chi connectivity index (χ0v) is 24.2. The van der Waals surface area contributed by atoms with Crippen LogP contribution in [-0.4, -0.2) is 31.9 Å². The van der Waals surface area contributed by atoms with Crippen LogP contribution in [0.1, 0.15) is 19.4 Å². The van der Waals surface area contributed by atoms with Crippen LogP contribution in [0.4, 0.5) is 0 Å². The summed E-state index contributed by atoms with van der Waals surface area (Å²) in [6.45, 7) is 3.71. The summed E-state index contributed by atoms with van der Waals surface area (Å²) in [4.78, 5) is 5.96. The highest BCUT2D eigenvalue weighted by Gasteiger charge is 2.47. The predicted octanol–water partition coefficient (Wildman–Crippen LogP) is 2.80. The van der Waals surface area contributed by atoms with E-state index in [1.165, 1.54) is 15.9 Å². The fourth-order valence-electron chi connectivity index (χ4n) is 4.15. The Morgan fingerprint density at radius 1 is 0.676 bits per heavy atom. The van der Waals surface area contributed by atoms with Gasteiger partial charge in [-0.3, -0.25) is 0 Å². The van der Waals surface area contributed by atoms with E-state index in [0.29, 0.717) is 6.16 Å². The Morgan fingerprint density at radius 3 is 1.49 bits per heavy atom. The summed E-state index contributed by atoms with van der Waals surface area (Å²) in [6.07, 6.45) is 0.678. The molecule has 192 valence electrons. The van der Waals surface area contributed by atoms with Crippen LogP contribution in [0.5, 0.6) is 5.75 Å². The molecule has 0 fully saturated rings. The van der Waals surface area contributed by atoms with E-state index in [4.69, 9.17) is 19.5 Å². The van der Waals surface area contributed by atoms with Crippen LogP contribution in [0.25, 0.3) is 0 Å². The minimum Gasteiger partial charge on any atom is -1.00 e. The van der Waals surface area contributed by atoms with Gasteiger partial charge in [-0.05, 0) is 60.7 Å². The van der Waals surface area contributed by atoms with Crippen molar-refractivity contribution in [3.63, 3.8) is 0 Å². The van der Waals surface area contributed by atoms with Crippen molar-refractivity contribution in [2.45, 2.75) is 19.6 Å². The van der Waals surface area contributed by atoms with Gasteiger partial charge in [0.15, 0.2) is 0 Å².